The van der Waals surface area contributed by atoms with Gasteiger partial charge in [0.1, 0.15) is 8.07 Å². The third-order valence-electron chi connectivity index (χ3n) is 4.39. The van der Waals surface area contributed by atoms with Gasteiger partial charge in [-0.25, -0.2) is 14.0 Å². The molecule has 1 aromatic carbocycles. The van der Waals surface area contributed by atoms with Crippen molar-refractivity contribution in [3.8, 4) is 17.2 Å². The number of esters is 1. The summed E-state index contributed by atoms with van der Waals surface area (Å²) >= 11 is 0. The van der Waals surface area contributed by atoms with Crippen molar-refractivity contribution >= 4 is 26.0 Å². The number of hydrogen-bond acceptors (Lipinski definition) is 6. The molecule has 1 atom stereocenters. The number of halogens is 1. The van der Waals surface area contributed by atoms with Gasteiger partial charge in [0.25, 0.3) is 5.91 Å². The molecule has 0 spiro atoms. The number of ether oxygens (including phenoxy) is 3. The summed E-state index contributed by atoms with van der Waals surface area (Å²) < 4.78 is 29.1. The van der Waals surface area contributed by atoms with Crippen molar-refractivity contribution < 1.29 is 33.0 Å². The van der Waals surface area contributed by atoms with E-state index >= 15 is 0 Å². The zero-order valence-corrected chi connectivity index (χ0v) is 18.8. The Morgan fingerprint density at radius 2 is 1.90 bits per heavy atom. The van der Waals surface area contributed by atoms with Crippen molar-refractivity contribution in [3.63, 3.8) is 0 Å². The van der Waals surface area contributed by atoms with Crippen molar-refractivity contribution in [1.29, 1.82) is 0 Å². The number of alkyl carbamates (subject to hydrolysis) is 1. The number of hydrogen-bond donors (Lipinski definition) is 1. The van der Waals surface area contributed by atoms with Gasteiger partial charge in [-0.1, -0.05) is 31.6 Å². The molecular formula is C20H25FN2O6Si. The standard InChI is InChI=1S/C20H25FN2O6Si/c1-27-14-8-7-13-11-23(17(24)15(13)16(14)21)12-20(18(25)28-2,22-19(26)29-3)9-10-30(4,5)6/h7-8H,11-12H2,1-6H3,(H,22,26)/t20-/m1/s1. The Morgan fingerprint density at radius 1 is 1.23 bits per heavy atom. The molecule has 1 aliphatic heterocycles. The van der Waals surface area contributed by atoms with E-state index in [0.717, 1.165) is 14.2 Å². The van der Waals surface area contributed by atoms with E-state index in [1.165, 1.54) is 18.1 Å². The van der Waals surface area contributed by atoms with Gasteiger partial charge >= 0.3 is 12.1 Å². The molecule has 162 valence electrons. The Morgan fingerprint density at radius 3 is 2.43 bits per heavy atom. The van der Waals surface area contributed by atoms with E-state index in [9.17, 15) is 18.8 Å². The molecule has 1 aromatic rings. The first-order valence-electron chi connectivity index (χ1n) is 9.11. The topological polar surface area (TPSA) is 94.2 Å². The van der Waals surface area contributed by atoms with Crippen LogP contribution in [0, 0.1) is 17.3 Å². The largest absolute Gasteiger partial charge is 0.494 e. The first-order valence-corrected chi connectivity index (χ1v) is 12.6. The average molecular weight is 437 g/mol. The summed E-state index contributed by atoms with van der Waals surface area (Å²) in [4.78, 5) is 38.9. The van der Waals surface area contributed by atoms with Crippen LogP contribution in [0.2, 0.25) is 19.6 Å². The lowest BCUT2D eigenvalue weighted by Gasteiger charge is -2.31. The van der Waals surface area contributed by atoms with Gasteiger partial charge in [0, 0.05) is 6.54 Å². The van der Waals surface area contributed by atoms with E-state index in [0.29, 0.717) is 5.56 Å². The normalized spacial score (nSPS) is 14.8. The summed E-state index contributed by atoms with van der Waals surface area (Å²) in [5.74, 6) is 0.472. The van der Waals surface area contributed by atoms with Crippen molar-refractivity contribution in [2.24, 2.45) is 0 Å². The van der Waals surface area contributed by atoms with Crippen LogP contribution in [0.5, 0.6) is 5.75 Å². The average Bonchev–Trinajstić information content (AvgIpc) is 3.01. The Kier molecular flexibility index (Phi) is 6.77. The monoisotopic (exact) mass is 436 g/mol. The lowest BCUT2D eigenvalue weighted by molar-refractivity contribution is -0.146. The number of fused-ring (bicyclic) bond motifs is 1. The third-order valence-corrected chi connectivity index (χ3v) is 5.26. The van der Waals surface area contributed by atoms with Crippen LogP contribution in [0.4, 0.5) is 9.18 Å². The Balaban J connectivity index is 2.50. The number of benzene rings is 1. The molecule has 0 saturated carbocycles. The zero-order valence-electron chi connectivity index (χ0n) is 17.8. The Hall–Kier alpha value is -3.06. The van der Waals surface area contributed by atoms with Gasteiger partial charge in [-0.2, -0.15) is 0 Å². The minimum atomic E-state index is -1.99. The number of nitrogens with zero attached hydrogens (tertiary/aromatic N) is 1. The molecule has 0 saturated heterocycles. The molecule has 2 rings (SSSR count). The number of rotatable bonds is 5. The molecule has 8 nitrogen and oxygen atoms in total. The summed E-state index contributed by atoms with van der Waals surface area (Å²) in [6.07, 6.45) is -0.915. The number of methoxy groups -OCH3 is 3. The molecular weight excluding hydrogens is 411 g/mol. The molecule has 1 N–H and O–H groups in total. The maximum absolute atomic E-state index is 14.6. The SMILES string of the molecule is COC(=O)N[C@](C#C[Si](C)(C)C)(CN1Cc2ccc(OC)c(F)c2C1=O)C(=O)OC. The number of carbonyl (C=O) groups is 3. The minimum absolute atomic E-state index is 0.0330. The smallest absolute Gasteiger partial charge is 0.408 e. The van der Waals surface area contributed by atoms with Crippen molar-refractivity contribution in [2.75, 3.05) is 27.9 Å². The number of nitrogens with one attached hydrogen (secondary N) is 1. The molecule has 30 heavy (non-hydrogen) atoms. The van der Waals surface area contributed by atoms with Crippen molar-refractivity contribution in [2.45, 2.75) is 31.7 Å². The summed E-state index contributed by atoms with van der Waals surface area (Å²) in [7, 11) is 1.61. The van der Waals surface area contributed by atoms with Crippen LogP contribution < -0.4 is 10.1 Å². The molecule has 0 bridgehead atoms. The second-order valence-electron chi connectivity index (χ2n) is 7.79. The summed E-state index contributed by atoms with van der Waals surface area (Å²) in [5.41, 5.74) is 1.46. The van der Waals surface area contributed by atoms with E-state index in [2.05, 4.69) is 21.5 Å². The van der Waals surface area contributed by atoms with E-state index < -0.39 is 37.4 Å². The lowest BCUT2D eigenvalue weighted by atomic mass is 10.00. The van der Waals surface area contributed by atoms with Crippen LogP contribution in [0.3, 0.4) is 0 Å². The Labute approximate surface area is 175 Å². The van der Waals surface area contributed by atoms with Gasteiger partial charge in [-0.15, -0.1) is 5.54 Å². The van der Waals surface area contributed by atoms with E-state index in [1.54, 1.807) is 6.07 Å². The van der Waals surface area contributed by atoms with Gasteiger partial charge < -0.3 is 19.1 Å². The number of amides is 2. The second-order valence-corrected chi connectivity index (χ2v) is 12.5. The van der Waals surface area contributed by atoms with Gasteiger partial charge in [0.2, 0.25) is 5.54 Å². The minimum Gasteiger partial charge on any atom is -0.494 e. The van der Waals surface area contributed by atoms with Crippen LogP contribution in [0.25, 0.3) is 0 Å². The van der Waals surface area contributed by atoms with Crippen LogP contribution in [0.1, 0.15) is 15.9 Å². The van der Waals surface area contributed by atoms with E-state index in [1.807, 2.05) is 19.6 Å². The first kappa shape index (κ1) is 23.2. The van der Waals surface area contributed by atoms with Crippen LogP contribution >= 0.6 is 0 Å². The zero-order chi connectivity index (χ0) is 22.7. The molecule has 0 unspecified atom stereocenters. The van der Waals surface area contributed by atoms with E-state index in [-0.39, 0.29) is 24.4 Å². The molecule has 0 radical (unpaired) electrons. The fraction of sp³-hybridized carbons (Fsp3) is 0.450. The highest BCUT2D eigenvalue weighted by Gasteiger charge is 2.45. The summed E-state index contributed by atoms with van der Waals surface area (Å²) in [6, 6.07) is 3.01. The van der Waals surface area contributed by atoms with Crippen molar-refractivity contribution in [1.82, 2.24) is 10.2 Å². The molecule has 1 heterocycles. The maximum atomic E-state index is 14.6. The molecule has 2 amide bonds. The summed E-state index contributed by atoms with van der Waals surface area (Å²) in [6.45, 7) is 5.56. The Bertz CT molecular complexity index is 934. The highest BCUT2D eigenvalue weighted by Crippen LogP contribution is 2.31. The first-order chi connectivity index (χ1) is 14.0. The van der Waals surface area contributed by atoms with Crippen LogP contribution in [-0.2, 0) is 20.8 Å². The number of carbonyl (C=O) groups excluding carboxylic acids is 3. The summed E-state index contributed by atoms with van der Waals surface area (Å²) in [5, 5.41) is 2.42. The molecule has 1 aliphatic rings. The van der Waals surface area contributed by atoms with Gasteiger partial charge in [-0.3, -0.25) is 10.1 Å². The third kappa shape index (κ3) is 4.73. The molecule has 0 aliphatic carbocycles. The van der Waals surface area contributed by atoms with Gasteiger partial charge in [0.15, 0.2) is 11.6 Å². The predicted molar refractivity (Wildman–Crippen MR) is 109 cm³/mol. The van der Waals surface area contributed by atoms with E-state index in [4.69, 9.17) is 9.47 Å². The highest BCUT2D eigenvalue weighted by atomic mass is 28.3. The maximum Gasteiger partial charge on any atom is 0.408 e. The van der Waals surface area contributed by atoms with Gasteiger partial charge in [0.05, 0.1) is 33.4 Å². The molecule has 0 fully saturated rings. The van der Waals surface area contributed by atoms with Crippen molar-refractivity contribution in [3.05, 3.63) is 29.1 Å². The van der Waals surface area contributed by atoms with Crippen LogP contribution in [0.15, 0.2) is 12.1 Å². The molecule has 10 heteroatoms. The molecule has 0 aromatic heterocycles. The fourth-order valence-electron chi connectivity index (χ4n) is 2.94. The fourth-order valence-corrected chi connectivity index (χ4v) is 3.53. The predicted octanol–water partition coefficient (Wildman–Crippen LogP) is 1.94. The quantitative estimate of drug-likeness (QED) is 0.431. The van der Waals surface area contributed by atoms with Crippen LogP contribution in [-0.4, -0.2) is 64.4 Å². The second kappa shape index (κ2) is 8.75. The lowest BCUT2D eigenvalue weighted by Crippen LogP contribution is -2.60. The van der Waals surface area contributed by atoms with Gasteiger partial charge in [-0.05, 0) is 11.6 Å². The highest BCUT2D eigenvalue weighted by molar-refractivity contribution is 6.83.